The Balaban J connectivity index is 2.15. The van der Waals surface area contributed by atoms with Gasteiger partial charge in [0, 0.05) is 12.3 Å². The topological polar surface area (TPSA) is 49.4 Å². The van der Waals surface area contributed by atoms with Crippen molar-refractivity contribution < 1.29 is 8.42 Å². The maximum Gasteiger partial charge on any atom is 0.147 e. The molecule has 0 aromatic rings. The minimum Gasteiger partial charge on any atom is -0.314 e. The Kier molecular flexibility index (Phi) is 6.60. The van der Waals surface area contributed by atoms with Gasteiger partial charge in [-0.05, 0) is 58.3 Å². The highest BCUT2D eigenvalue weighted by Gasteiger charge is 2.22. The molecule has 5 heteroatoms. The van der Waals surface area contributed by atoms with E-state index in [0.717, 1.165) is 25.4 Å². The van der Waals surface area contributed by atoms with E-state index in [1.54, 1.807) is 0 Å². The summed E-state index contributed by atoms with van der Waals surface area (Å²) in [5.41, 5.74) is 0. The number of sulfone groups is 1. The van der Waals surface area contributed by atoms with Gasteiger partial charge in [-0.2, -0.15) is 0 Å². The molecule has 1 N–H and O–H groups in total. The number of nitrogens with one attached hydrogen (secondary N) is 1. The number of hydrogen-bond acceptors (Lipinski definition) is 4. The number of hydrogen-bond donors (Lipinski definition) is 1. The average molecular weight is 276 g/mol. The van der Waals surface area contributed by atoms with Crippen LogP contribution in [0.15, 0.2) is 0 Å². The lowest BCUT2D eigenvalue weighted by molar-refractivity contribution is 0.169. The van der Waals surface area contributed by atoms with Gasteiger partial charge in [0.25, 0.3) is 0 Å². The summed E-state index contributed by atoms with van der Waals surface area (Å²) in [4.78, 5) is 2.49. The zero-order valence-corrected chi connectivity index (χ0v) is 12.8. The Labute approximate surface area is 112 Å². The van der Waals surface area contributed by atoms with Gasteiger partial charge in [-0.1, -0.05) is 6.92 Å². The lowest BCUT2D eigenvalue weighted by atomic mass is 9.90. The van der Waals surface area contributed by atoms with E-state index < -0.39 is 9.84 Å². The standard InChI is InChI=1S/C13H28N2O2S/c1-4-15-9-6-13(7-10-15)12(2)14-8-5-11-18(3,16)17/h12-14H,4-11H2,1-3H3. The highest BCUT2D eigenvalue weighted by Crippen LogP contribution is 2.20. The zero-order valence-electron chi connectivity index (χ0n) is 12.0. The van der Waals surface area contributed by atoms with Gasteiger partial charge in [-0.15, -0.1) is 0 Å². The molecule has 1 aliphatic rings. The van der Waals surface area contributed by atoms with Crippen molar-refractivity contribution in [2.75, 3.05) is 38.2 Å². The van der Waals surface area contributed by atoms with E-state index >= 15 is 0 Å². The normalized spacial score (nSPS) is 21.1. The third-order valence-electron chi connectivity index (χ3n) is 3.94. The molecule has 0 amide bonds. The second-order valence-corrected chi connectivity index (χ2v) is 7.76. The summed E-state index contributed by atoms with van der Waals surface area (Å²) in [6.07, 6.45) is 4.54. The third kappa shape index (κ3) is 6.16. The quantitative estimate of drug-likeness (QED) is 0.708. The van der Waals surface area contributed by atoms with Crippen LogP contribution in [0.3, 0.4) is 0 Å². The van der Waals surface area contributed by atoms with E-state index in [4.69, 9.17) is 0 Å². The van der Waals surface area contributed by atoms with Crippen molar-refractivity contribution in [2.45, 2.75) is 39.2 Å². The molecule has 0 bridgehead atoms. The number of piperidine rings is 1. The molecule has 0 spiro atoms. The van der Waals surface area contributed by atoms with Gasteiger partial charge in [0.05, 0.1) is 5.75 Å². The highest BCUT2D eigenvalue weighted by molar-refractivity contribution is 7.90. The molecule has 1 unspecified atom stereocenters. The minimum atomic E-state index is -2.80. The summed E-state index contributed by atoms with van der Waals surface area (Å²) in [5.74, 6) is 1.03. The van der Waals surface area contributed by atoms with Gasteiger partial charge in [0.2, 0.25) is 0 Å². The van der Waals surface area contributed by atoms with E-state index in [1.165, 1.54) is 32.2 Å². The largest absolute Gasteiger partial charge is 0.314 e. The zero-order chi connectivity index (χ0) is 13.6. The van der Waals surface area contributed by atoms with Crippen molar-refractivity contribution in [1.82, 2.24) is 10.2 Å². The average Bonchev–Trinajstić information content (AvgIpc) is 2.33. The molecule has 4 nitrogen and oxygen atoms in total. The molecule has 0 aromatic heterocycles. The van der Waals surface area contributed by atoms with Crippen LogP contribution in [0.1, 0.15) is 33.1 Å². The van der Waals surface area contributed by atoms with Crippen LogP contribution in [-0.2, 0) is 9.84 Å². The Bertz CT molecular complexity index is 322. The fourth-order valence-electron chi connectivity index (χ4n) is 2.60. The molecule has 0 saturated carbocycles. The Morgan fingerprint density at radius 1 is 1.33 bits per heavy atom. The van der Waals surface area contributed by atoms with Gasteiger partial charge in [-0.25, -0.2) is 8.42 Å². The smallest absolute Gasteiger partial charge is 0.147 e. The molecule has 1 heterocycles. The van der Waals surface area contributed by atoms with Crippen LogP contribution in [0.25, 0.3) is 0 Å². The lowest BCUT2D eigenvalue weighted by Gasteiger charge is -2.34. The Morgan fingerprint density at radius 2 is 1.94 bits per heavy atom. The van der Waals surface area contributed by atoms with Crippen LogP contribution in [0, 0.1) is 5.92 Å². The maximum atomic E-state index is 11.0. The lowest BCUT2D eigenvalue weighted by Crippen LogP contribution is -2.42. The predicted octanol–water partition coefficient (Wildman–Crippen LogP) is 1.13. The SMILES string of the molecule is CCN1CCC(C(C)NCCCS(C)(=O)=O)CC1. The molecule has 0 aliphatic carbocycles. The molecule has 1 fully saturated rings. The fraction of sp³-hybridized carbons (Fsp3) is 1.00. The number of nitrogens with zero attached hydrogens (tertiary/aromatic N) is 1. The highest BCUT2D eigenvalue weighted by atomic mass is 32.2. The van der Waals surface area contributed by atoms with E-state index in [1.807, 2.05) is 0 Å². The van der Waals surface area contributed by atoms with Crippen molar-refractivity contribution >= 4 is 9.84 Å². The Hall–Kier alpha value is -0.130. The first kappa shape index (κ1) is 15.9. The molecule has 0 aromatic carbocycles. The van der Waals surface area contributed by atoms with Crippen LogP contribution in [0.5, 0.6) is 0 Å². The van der Waals surface area contributed by atoms with Crippen molar-refractivity contribution in [3.05, 3.63) is 0 Å². The predicted molar refractivity (Wildman–Crippen MR) is 76.6 cm³/mol. The minimum absolute atomic E-state index is 0.293. The fourth-order valence-corrected chi connectivity index (χ4v) is 3.27. The maximum absolute atomic E-state index is 11.0. The molecular formula is C13H28N2O2S. The van der Waals surface area contributed by atoms with Gasteiger partial charge in [0.15, 0.2) is 0 Å². The first-order valence-corrected chi connectivity index (χ1v) is 9.12. The van der Waals surface area contributed by atoms with Crippen LogP contribution in [0.2, 0.25) is 0 Å². The molecule has 1 saturated heterocycles. The van der Waals surface area contributed by atoms with Crippen LogP contribution >= 0.6 is 0 Å². The number of rotatable bonds is 7. The Morgan fingerprint density at radius 3 is 2.44 bits per heavy atom. The summed E-state index contributed by atoms with van der Waals surface area (Å²) in [6.45, 7) is 8.82. The van der Waals surface area contributed by atoms with Gasteiger partial charge >= 0.3 is 0 Å². The van der Waals surface area contributed by atoms with Crippen molar-refractivity contribution in [3.63, 3.8) is 0 Å². The van der Waals surface area contributed by atoms with Crippen LogP contribution in [-0.4, -0.2) is 57.5 Å². The van der Waals surface area contributed by atoms with E-state index in [-0.39, 0.29) is 0 Å². The first-order valence-electron chi connectivity index (χ1n) is 7.06. The van der Waals surface area contributed by atoms with Crippen molar-refractivity contribution in [2.24, 2.45) is 5.92 Å². The summed E-state index contributed by atoms with van der Waals surface area (Å²) >= 11 is 0. The van der Waals surface area contributed by atoms with Gasteiger partial charge in [-0.3, -0.25) is 0 Å². The molecule has 0 radical (unpaired) electrons. The molecule has 108 valence electrons. The molecule has 1 aliphatic heterocycles. The second kappa shape index (κ2) is 7.46. The molecule has 1 rings (SSSR count). The number of likely N-dealkylation sites (tertiary alicyclic amines) is 1. The van der Waals surface area contributed by atoms with E-state index in [9.17, 15) is 8.42 Å². The van der Waals surface area contributed by atoms with Crippen LogP contribution < -0.4 is 5.32 Å². The summed E-state index contributed by atoms with van der Waals surface area (Å²) in [6, 6.07) is 0.503. The van der Waals surface area contributed by atoms with Crippen molar-refractivity contribution in [1.29, 1.82) is 0 Å². The van der Waals surface area contributed by atoms with Gasteiger partial charge in [0.1, 0.15) is 9.84 Å². The summed E-state index contributed by atoms with van der Waals surface area (Å²) < 4.78 is 22.0. The van der Waals surface area contributed by atoms with Crippen molar-refractivity contribution in [3.8, 4) is 0 Å². The van der Waals surface area contributed by atoms with Gasteiger partial charge < -0.3 is 10.2 Å². The molecular weight excluding hydrogens is 248 g/mol. The molecule has 1 atom stereocenters. The monoisotopic (exact) mass is 276 g/mol. The summed E-state index contributed by atoms with van der Waals surface area (Å²) in [5, 5.41) is 3.47. The van der Waals surface area contributed by atoms with E-state index in [0.29, 0.717) is 11.8 Å². The van der Waals surface area contributed by atoms with Crippen LogP contribution in [0.4, 0.5) is 0 Å². The third-order valence-corrected chi connectivity index (χ3v) is 4.98. The summed E-state index contributed by atoms with van der Waals surface area (Å²) in [7, 11) is -2.80. The second-order valence-electron chi connectivity index (χ2n) is 5.50. The first-order chi connectivity index (χ1) is 8.42. The van der Waals surface area contributed by atoms with E-state index in [2.05, 4.69) is 24.1 Å². The molecule has 18 heavy (non-hydrogen) atoms.